The summed E-state index contributed by atoms with van der Waals surface area (Å²) in [5.41, 5.74) is 9.74. The number of hydrogen-bond acceptors (Lipinski definition) is 3. The van der Waals surface area contributed by atoms with Crippen LogP contribution in [0.25, 0.3) is 0 Å². The summed E-state index contributed by atoms with van der Waals surface area (Å²) in [5.74, 6) is 0.351. The van der Waals surface area contributed by atoms with Gasteiger partial charge in [-0.1, -0.05) is 42.5 Å². The maximum Gasteiger partial charge on any atom is 0.221 e. The molecule has 2 aromatic rings. The molecule has 3 rings (SSSR count). The van der Waals surface area contributed by atoms with Gasteiger partial charge in [-0.2, -0.15) is 0 Å². The molecule has 1 fully saturated rings. The van der Waals surface area contributed by atoms with E-state index in [1.54, 1.807) is 0 Å². The van der Waals surface area contributed by atoms with Crippen LogP contribution in [0.5, 0.6) is 0 Å². The monoisotopic (exact) mass is 345 g/mol. The van der Waals surface area contributed by atoms with E-state index in [0.717, 1.165) is 25.3 Å². The second-order valence-electron chi connectivity index (χ2n) is 6.25. The van der Waals surface area contributed by atoms with Gasteiger partial charge in [0.1, 0.15) is 0 Å². The predicted octanol–water partition coefficient (Wildman–Crippen LogP) is 2.99. The SMILES string of the molecule is CC(=O)Nc1ccc(CN2C[C@@H](N)[C@H](c3ccccc3)C2)cc1.Cl. The zero-order chi connectivity index (χ0) is 16.2. The third-order valence-corrected chi connectivity index (χ3v) is 4.35. The van der Waals surface area contributed by atoms with E-state index in [1.165, 1.54) is 18.1 Å². The van der Waals surface area contributed by atoms with Crippen LogP contribution in [0.4, 0.5) is 5.69 Å². The number of amides is 1. The Morgan fingerprint density at radius 1 is 1.12 bits per heavy atom. The molecule has 0 aliphatic carbocycles. The van der Waals surface area contributed by atoms with Gasteiger partial charge in [0.05, 0.1) is 0 Å². The van der Waals surface area contributed by atoms with Crippen molar-refractivity contribution in [2.75, 3.05) is 18.4 Å². The van der Waals surface area contributed by atoms with Crippen LogP contribution in [0.3, 0.4) is 0 Å². The van der Waals surface area contributed by atoms with Crippen molar-refractivity contribution in [2.24, 2.45) is 5.73 Å². The Balaban J connectivity index is 0.00000208. The largest absolute Gasteiger partial charge is 0.326 e. The van der Waals surface area contributed by atoms with Crippen molar-refractivity contribution in [3.8, 4) is 0 Å². The molecule has 3 N–H and O–H groups in total. The first kappa shape index (κ1) is 18.5. The lowest BCUT2D eigenvalue weighted by molar-refractivity contribution is -0.114. The van der Waals surface area contributed by atoms with Gasteiger partial charge in [-0.15, -0.1) is 12.4 Å². The quantitative estimate of drug-likeness (QED) is 0.895. The van der Waals surface area contributed by atoms with E-state index in [0.29, 0.717) is 5.92 Å². The summed E-state index contributed by atoms with van der Waals surface area (Å²) >= 11 is 0. The number of nitrogens with one attached hydrogen (secondary N) is 1. The summed E-state index contributed by atoms with van der Waals surface area (Å²) in [6, 6.07) is 18.7. The average molecular weight is 346 g/mol. The second-order valence-corrected chi connectivity index (χ2v) is 6.25. The number of rotatable bonds is 4. The lowest BCUT2D eigenvalue weighted by atomic mass is 9.95. The van der Waals surface area contributed by atoms with Crippen LogP contribution in [-0.4, -0.2) is 29.9 Å². The summed E-state index contributed by atoms with van der Waals surface area (Å²) < 4.78 is 0. The maximum absolute atomic E-state index is 11.1. The van der Waals surface area contributed by atoms with Gasteiger partial charge in [0, 0.05) is 44.2 Å². The summed E-state index contributed by atoms with van der Waals surface area (Å²) in [4.78, 5) is 13.4. The molecule has 4 nitrogen and oxygen atoms in total. The number of carbonyl (C=O) groups is 1. The van der Waals surface area contributed by atoms with E-state index in [2.05, 4.69) is 46.6 Å². The van der Waals surface area contributed by atoms with Gasteiger partial charge >= 0.3 is 0 Å². The molecular formula is C19H24ClN3O. The molecule has 2 aromatic carbocycles. The zero-order valence-corrected chi connectivity index (χ0v) is 14.6. The molecular weight excluding hydrogens is 322 g/mol. The van der Waals surface area contributed by atoms with Crippen LogP contribution in [0.1, 0.15) is 24.0 Å². The number of nitrogens with two attached hydrogens (primary N) is 1. The fourth-order valence-electron chi connectivity index (χ4n) is 3.25. The predicted molar refractivity (Wildman–Crippen MR) is 100 cm³/mol. The number of hydrogen-bond donors (Lipinski definition) is 2. The number of carbonyl (C=O) groups excluding carboxylic acids is 1. The minimum Gasteiger partial charge on any atom is -0.326 e. The van der Waals surface area contributed by atoms with Crippen molar-refractivity contribution in [3.05, 3.63) is 65.7 Å². The lowest BCUT2D eigenvalue weighted by Gasteiger charge is -2.16. The third kappa shape index (κ3) is 4.57. The van der Waals surface area contributed by atoms with Gasteiger partial charge < -0.3 is 11.1 Å². The van der Waals surface area contributed by atoms with Gasteiger partial charge in [0.2, 0.25) is 5.91 Å². The summed E-state index contributed by atoms with van der Waals surface area (Å²) in [7, 11) is 0. The highest BCUT2D eigenvalue weighted by Crippen LogP contribution is 2.27. The minimum absolute atomic E-state index is 0. The molecule has 0 radical (unpaired) electrons. The van der Waals surface area contributed by atoms with Crippen LogP contribution in [0.2, 0.25) is 0 Å². The molecule has 0 bridgehead atoms. The van der Waals surface area contributed by atoms with E-state index in [9.17, 15) is 4.79 Å². The summed E-state index contributed by atoms with van der Waals surface area (Å²) in [6.07, 6.45) is 0. The molecule has 0 aromatic heterocycles. The smallest absolute Gasteiger partial charge is 0.221 e. The first-order chi connectivity index (χ1) is 11.1. The average Bonchev–Trinajstić information content (AvgIpc) is 2.90. The first-order valence-electron chi connectivity index (χ1n) is 8.01. The molecule has 1 saturated heterocycles. The van der Waals surface area contributed by atoms with Gasteiger partial charge in [-0.3, -0.25) is 9.69 Å². The van der Waals surface area contributed by atoms with Crippen LogP contribution < -0.4 is 11.1 Å². The lowest BCUT2D eigenvalue weighted by Crippen LogP contribution is -2.28. The van der Waals surface area contributed by atoms with E-state index in [1.807, 2.05) is 18.2 Å². The Labute approximate surface area is 149 Å². The molecule has 1 amide bonds. The van der Waals surface area contributed by atoms with E-state index >= 15 is 0 Å². The second kappa shape index (κ2) is 8.29. The standard InChI is InChI=1S/C19H23N3O.ClH/c1-14(23)21-17-9-7-15(8-10-17)11-22-12-18(19(20)13-22)16-5-3-2-4-6-16;/h2-10,18-19H,11-13,20H2,1H3,(H,21,23);1H/t18-,19+;/m0./s1. The molecule has 1 aliphatic rings. The van der Waals surface area contributed by atoms with E-state index in [4.69, 9.17) is 5.73 Å². The molecule has 0 unspecified atom stereocenters. The highest BCUT2D eigenvalue weighted by molar-refractivity contribution is 5.88. The Morgan fingerprint density at radius 2 is 1.79 bits per heavy atom. The first-order valence-corrected chi connectivity index (χ1v) is 8.01. The van der Waals surface area contributed by atoms with Gasteiger partial charge in [-0.05, 0) is 23.3 Å². The van der Waals surface area contributed by atoms with E-state index < -0.39 is 0 Å². The molecule has 5 heteroatoms. The molecule has 2 atom stereocenters. The number of likely N-dealkylation sites (tertiary alicyclic amines) is 1. The van der Waals surface area contributed by atoms with Gasteiger partial charge in [-0.25, -0.2) is 0 Å². The third-order valence-electron chi connectivity index (χ3n) is 4.35. The van der Waals surface area contributed by atoms with Crippen LogP contribution in [-0.2, 0) is 11.3 Å². The van der Waals surface area contributed by atoms with E-state index in [-0.39, 0.29) is 24.4 Å². The van der Waals surface area contributed by atoms with Crippen LogP contribution in [0, 0.1) is 0 Å². The zero-order valence-electron chi connectivity index (χ0n) is 13.8. The minimum atomic E-state index is -0.0473. The molecule has 128 valence electrons. The Hall–Kier alpha value is -1.88. The number of anilines is 1. The maximum atomic E-state index is 11.1. The molecule has 0 saturated carbocycles. The van der Waals surface area contributed by atoms with Crippen molar-refractivity contribution in [1.82, 2.24) is 4.90 Å². The summed E-state index contributed by atoms with van der Waals surface area (Å²) in [5, 5.41) is 2.79. The van der Waals surface area contributed by atoms with Crippen molar-refractivity contribution in [2.45, 2.75) is 25.4 Å². The number of nitrogens with zero attached hydrogens (tertiary/aromatic N) is 1. The van der Waals surface area contributed by atoms with Crippen LogP contribution >= 0.6 is 12.4 Å². The molecule has 1 aliphatic heterocycles. The summed E-state index contributed by atoms with van der Waals surface area (Å²) in [6.45, 7) is 4.30. The Morgan fingerprint density at radius 3 is 2.42 bits per heavy atom. The fraction of sp³-hybridized carbons (Fsp3) is 0.316. The molecule has 1 heterocycles. The number of benzene rings is 2. The Kier molecular flexibility index (Phi) is 6.37. The van der Waals surface area contributed by atoms with Crippen molar-refractivity contribution in [1.29, 1.82) is 0 Å². The highest BCUT2D eigenvalue weighted by Gasteiger charge is 2.30. The Bertz CT molecular complexity index is 660. The van der Waals surface area contributed by atoms with Crippen molar-refractivity contribution < 1.29 is 4.79 Å². The van der Waals surface area contributed by atoms with Gasteiger partial charge in [0.15, 0.2) is 0 Å². The van der Waals surface area contributed by atoms with Gasteiger partial charge in [0.25, 0.3) is 0 Å². The molecule has 0 spiro atoms. The van der Waals surface area contributed by atoms with Crippen molar-refractivity contribution in [3.63, 3.8) is 0 Å². The highest BCUT2D eigenvalue weighted by atomic mass is 35.5. The molecule has 24 heavy (non-hydrogen) atoms. The van der Waals surface area contributed by atoms with Crippen molar-refractivity contribution >= 4 is 24.0 Å². The number of halogens is 1. The normalized spacial score (nSPS) is 20.4. The topological polar surface area (TPSA) is 58.4 Å². The van der Waals surface area contributed by atoms with Crippen LogP contribution in [0.15, 0.2) is 54.6 Å². The fourth-order valence-corrected chi connectivity index (χ4v) is 3.25.